The largest absolute Gasteiger partial charge is 0.395 e. The van der Waals surface area contributed by atoms with Crippen LogP contribution in [0.2, 0.25) is 0 Å². The van der Waals surface area contributed by atoms with Gasteiger partial charge >= 0.3 is 0 Å². The van der Waals surface area contributed by atoms with Gasteiger partial charge in [-0.05, 0) is 57.4 Å². The average Bonchev–Trinajstić information content (AvgIpc) is 2.88. The number of hydrogen-bond donors (Lipinski definition) is 1. The zero-order valence-corrected chi connectivity index (χ0v) is 12.0. The lowest BCUT2D eigenvalue weighted by Gasteiger charge is -2.28. The third-order valence-electron chi connectivity index (χ3n) is 4.30. The maximum Gasteiger partial charge on any atom is 0.179 e. The number of carbonyl (C=O) groups excluding carboxylic acids is 1. The number of aryl methyl sites for hydroxylation is 2. The first-order valence-corrected chi connectivity index (χ1v) is 7.02. The number of Topliss-reactive ketones (excluding diaryl/α,β-unsaturated/α-hetero) is 1. The maximum atomic E-state index is 12.5. The molecular weight excluding hydrogens is 238 g/mol. The van der Waals surface area contributed by atoms with E-state index in [1.54, 1.807) is 0 Å². The monoisotopic (exact) mass is 261 g/mol. The Morgan fingerprint density at radius 3 is 2.79 bits per heavy atom. The standard InChI is InChI=1S/C16H23NO2/c1-11-6-7-14(9-12(11)2)16(19)13(3)17-8-4-5-15(17)10-18/h6-7,9,13,15,18H,4-5,8,10H2,1-3H3. The first-order chi connectivity index (χ1) is 9.04. The summed E-state index contributed by atoms with van der Waals surface area (Å²) in [6.45, 7) is 7.08. The fraction of sp³-hybridized carbons (Fsp3) is 0.562. The van der Waals surface area contributed by atoms with Crippen LogP contribution in [0, 0.1) is 13.8 Å². The minimum atomic E-state index is -0.151. The number of benzene rings is 1. The number of carbonyl (C=O) groups is 1. The van der Waals surface area contributed by atoms with Crippen LogP contribution in [-0.4, -0.2) is 41.0 Å². The Bertz CT molecular complexity index is 470. The van der Waals surface area contributed by atoms with Gasteiger partial charge in [-0.15, -0.1) is 0 Å². The van der Waals surface area contributed by atoms with Gasteiger partial charge in [0.05, 0.1) is 12.6 Å². The van der Waals surface area contributed by atoms with Crippen LogP contribution in [0.4, 0.5) is 0 Å². The number of ketones is 1. The van der Waals surface area contributed by atoms with Gasteiger partial charge in [0.15, 0.2) is 5.78 Å². The molecule has 0 aliphatic carbocycles. The lowest BCUT2D eigenvalue weighted by molar-refractivity contribution is 0.0758. The summed E-state index contributed by atoms with van der Waals surface area (Å²) in [4.78, 5) is 14.7. The van der Waals surface area contributed by atoms with Crippen LogP contribution >= 0.6 is 0 Å². The van der Waals surface area contributed by atoms with Crippen molar-refractivity contribution in [2.24, 2.45) is 0 Å². The van der Waals surface area contributed by atoms with Crippen molar-refractivity contribution in [1.82, 2.24) is 4.90 Å². The molecule has 1 aromatic rings. The van der Waals surface area contributed by atoms with Gasteiger partial charge in [-0.25, -0.2) is 0 Å². The molecule has 3 heteroatoms. The minimum absolute atomic E-state index is 0.143. The quantitative estimate of drug-likeness (QED) is 0.846. The molecule has 3 nitrogen and oxygen atoms in total. The zero-order valence-electron chi connectivity index (χ0n) is 12.0. The van der Waals surface area contributed by atoms with Gasteiger partial charge in [-0.1, -0.05) is 12.1 Å². The summed E-state index contributed by atoms with van der Waals surface area (Å²) in [5.74, 6) is 0.156. The van der Waals surface area contributed by atoms with E-state index in [-0.39, 0.29) is 24.5 Å². The van der Waals surface area contributed by atoms with Crippen molar-refractivity contribution in [3.8, 4) is 0 Å². The highest BCUT2D eigenvalue weighted by molar-refractivity contribution is 6.00. The van der Waals surface area contributed by atoms with E-state index in [1.807, 2.05) is 32.0 Å². The van der Waals surface area contributed by atoms with Gasteiger partial charge in [-0.2, -0.15) is 0 Å². The molecule has 2 rings (SSSR count). The van der Waals surface area contributed by atoms with Gasteiger partial charge in [0, 0.05) is 11.6 Å². The predicted molar refractivity (Wildman–Crippen MR) is 76.5 cm³/mol. The van der Waals surface area contributed by atoms with E-state index in [1.165, 1.54) is 5.56 Å². The number of rotatable bonds is 4. The van der Waals surface area contributed by atoms with Crippen LogP contribution in [0.3, 0.4) is 0 Å². The predicted octanol–water partition coefficient (Wildman–Crippen LogP) is 2.33. The second kappa shape index (κ2) is 5.85. The number of hydrogen-bond acceptors (Lipinski definition) is 3. The molecule has 0 amide bonds. The van der Waals surface area contributed by atoms with E-state index in [2.05, 4.69) is 11.8 Å². The van der Waals surface area contributed by atoms with E-state index < -0.39 is 0 Å². The Kier molecular flexibility index (Phi) is 4.38. The SMILES string of the molecule is Cc1ccc(C(=O)C(C)N2CCCC2CO)cc1C. The van der Waals surface area contributed by atoms with Crippen LogP contribution in [-0.2, 0) is 0 Å². The van der Waals surface area contributed by atoms with Gasteiger partial charge in [-0.3, -0.25) is 9.69 Å². The van der Waals surface area contributed by atoms with Crippen molar-refractivity contribution in [1.29, 1.82) is 0 Å². The van der Waals surface area contributed by atoms with Crippen molar-refractivity contribution < 1.29 is 9.90 Å². The molecule has 1 saturated heterocycles. The Labute approximate surface area is 115 Å². The molecule has 1 aromatic carbocycles. The molecular formula is C16H23NO2. The molecule has 0 radical (unpaired) electrons. The number of aliphatic hydroxyl groups is 1. The molecule has 1 heterocycles. The Morgan fingerprint density at radius 1 is 1.42 bits per heavy atom. The summed E-state index contributed by atoms with van der Waals surface area (Å²) in [6, 6.07) is 5.87. The fourth-order valence-corrected chi connectivity index (χ4v) is 2.85. The summed E-state index contributed by atoms with van der Waals surface area (Å²) in [6.07, 6.45) is 2.05. The molecule has 0 spiro atoms. The molecule has 0 saturated carbocycles. The van der Waals surface area contributed by atoms with E-state index in [4.69, 9.17) is 0 Å². The summed E-state index contributed by atoms with van der Waals surface area (Å²) < 4.78 is 0. The molecule has 0 bridgehead atoms. The Balaban J connectivity index is 2.16. The van der Waals surface area contributed by atoms with E-state index in [0.29, 0.717) is 0 Å². The molecule has 2 unspecified atom stereocenters. The van der Waals surface area contributed by atoms with Gasteiger partial charge in [0.1, 0.15) is 0 Å². The van der Waals surface area contributed by atoms with Crippen LogP contribution in [0.15, 0.2) is 18.2 Å². The smallest absolute Gasteiger partial charge is 0.179 e. The van der Waals surface area contributed by atoms with Crippen LogP contribution < -0.4 is 0 Å². The highest BCUT2D eigenvalue weighted by Gasteiger charge is 2.31. The lowest BCUT2D eigenvalue weighted by Crippen LogP contribution is -2.43. The topological polar surface area (TPSA) is 40.5 Å². The first kappa shape index (κ1) is 14.2. The van der Waals surface area contributed by atoms with Gasteiger partial charge in [0.25, 0.3) is 0 Å². The fourth-order valence-electron chi connectivity index (χ4n) is 2.85. The van der Waals surface area contributed by atoms with Crippen molar-refractivity contribution in [3.63, 3.8) is 0 Å². The molecule has 104 valence electrons. The summed E-state index contributed by atoms with van der Waals surface area (Å²) in [5.41, 5.74) is 3.14. The number of likely N-dealkylation sites (tertiary alicyclic amines) is 1. The maximum absolute atomic E-state index is 12.5. The van der Waals surface area contributed by atoms with E-state index in [0.717, 1.165) is 30.5 Å². The normalized spacial score (nSPS) is 21.6. The van der Waals surface area contributed by atoms with E-state index in [9.17, 15) is 9.90 Å². The third kappa shape index (κ3) is 2.88. The van der Waals surface area contributed by atoms with Gasteiger partial charge < -0.3 is 5.11 Å². The minimum Gasteiger partial charge on any atom is -0.395 e. The van der Waals surface area contributed by atoms with Crippen LogP contribution in [0.5, 0.6) is 0 Å². The summed E-state index contributed by atoms with van der Waals surface area (Å²) >= 11 is 0. The molecule has 0 aromatic heterocycles. The summed E-state index contributed by atoms with van der Waals surface area (Å²) in [7, 11) is 0. The van der Waals surface area contributed by atoms with Crippen molar-refractivity contribution in [2.75, 3.05) is 13.2 Å². The average molecular weight is 261 g/mol. The second-order valence-corrected chi connectivity index (χ2v) is 5.56. The lowest BCUT2D eigenvalue weighted by atomic mass is 9.99. The molecule has 1 fully saturated rings. The number of aliphatic hydroxyl groups excluding tert-OH is 1. The Hall–Kier alpha value is -1.19. The highest BCUT2D eigenvalue weighted by atomic mass is 16.3. The first-order valence-electron chi connectivity index (χ1n) is 7.02. The molecule has 1 aliphatic heterocycles. The van der Waals surface area contributed by atoms with Gasteiger partial charge in [0.2, 0.25) is 0 Å². The van der Waals surface area contributed by atoms with Crippen molar-refractivity contribution in [3.05, 3.63) is 34.9 Å². The van der Waals surface area contributed by atoms with E-state index >= 15 is 0 Å². The molecule has 2 atom stereocenters. The molecule has 1 aliphatic rings. The second-order valence-electron chi connectivity index (χ2n) is 5.56. The number of nitrogens with zero attached hydrogens (tertiary/aromatic N) is 1. The van der Waals surface area contributed by atoms with Crippen molar-refractivity contribution in [2.45, 2.75) is 45.7 Å². The summed E-state index contributed by atoms with van der Waals surface area (Å²) in [5, 5.41) is 9.37. The van der Waals surface area contributed by atoms with Crippen LogP contribution in [0.1, 0.15) is 41.3 Å². The molecule has 1 N–H and O–H groups in total. The highest BCUT2D eigenvalue weighted by Crippen LogP contribution is 2.22. The Morgan fingerprint density at radius 2 is 2.16 bits per heavy atom. The zero-order chi connectivity index (χ0) is 14.0. The van der Waals surface area contributed by atoms with Crippen LogP contribution in [0.25, 0.3) is 0 Å². The van der Waals surface area contributed by atoms with Crippen molar-refractivity contribution >= 4 is 5.78 Å². The third-order valence-corrected chi connectivity index (χ3v) is 4.30. The molecule has 19 heavy (non-hydrogen) atoms.